The number of halogens is 1. The zero-order valence-corrected chi connectivity index (χ0v) is 14.2. The van der Waals surface area contributed by atoms with Gasteiger partial charge in [0.25, 0.3) is 5.91 Å². The molecule has 0 aromatic heterocycles. The summed E-state index contributed by atoms with van der Waals surface area (Å²) < 4.78 is 23.4. The molecule has 0 aliphatic carbocycles. The number of anilines is 1. The summed E-state index contributed by atoms with van der Waals surface area (Å²) in [5.74, 6) is -0.133. The van der Waals surface area contributed by atoms with E-state index in [1.165, 1.54) is 0 Å². The number of carbonyl (C=O) groups is 1. The molecule has 21 heavy (non-hydrogen) atoms. The van der Waals surface area contributed by atoms with E-state index in [0.29, 0.717) is 17.8 Å². The van der Waals surface area contributed by atoms with Crippen LogP contribution in [0.3, 0.4) is 0 Å². The molecular formula is C14H23ClN2O3S. The van der Waals surface area contributed by atoms with E-state index in [9.17, 15) is 13.2 Å². The van der Waals surface area contributed by atoms with Gasteiger partial charge in [-0.25, -0.2) is 8.42 Å². The molecule has 0 saturated carbocycles. The number of nitrogens with two attached hydrogens (primary N) is 1. The molecule has 0 radical (unpaired) electrons. The monoisotopic (exact) mass is 334 g/mol. The molecule has 0 saturated heterocycles. The fourth-order valence-electron chi connectivity index (χ4n) is 2.07. The molecular weight excluding hydrogens is 312 g/mol. The van der Waals surface area contributed by atoms with E-state index in [-0.39, 0.29) is 35.9 Å². The van der Waals surface area contributed by atoms with Crippen molar-refractivity contribution in [1.29, 1.82) is 0 Å². The Kier molecular flexibility index (Phi) is 7.74. The van der Waals surface area contributed by atoms with Crippen molar-refractivity contribution in [3.63, 3.8) is 0 Å². The molecule has 0 aliphatic rings. The molecule has 0 fully saturated rings. The van der Waals surface area contributed by atoms with Gasteiger partial charge in [0.1, 0.15) is 0 Å². The standard InChI is InChI=1S/C14H22N2O3S.ClH/c1-4-16(11(3)10-20(18,19)5-2)14(17)12-7-6-8-13(15)9-12;/h6-9,11H,4-5,10,15H2,1-3H3;1H. The predicted octanol–water partition coefficient (Wildman–Crippen LogP) is 1.98. The highest BCUT2D eigenvalue weighted by molar-refractivity contribution is 7.91. The average Bonchev–Trinajstić information content (AvgIpc) is 2.38. The van der Waals surface area contributed by atoms with E-state index in [1.54, 1.807) is 43.0 Å². The number of nitrogen functional groups attached to an aromatic ring is 1. The second-order valence-electron chi connectivity index (χ2n) is 4.76. The van der Waals surface area contributed by atoms with Gasteiger partial charge in [-0.15, -0.1) is 12.4 Å². The summed E-state index contributed by atoms with van der Waals surface area (Å²) in [6, 6.07) is 6.34. The van der Waals surface area contributed by atoms with E-state index >= 15 is 0 Å². The fraction of sp³-hybridized carbons (Fsp3) is 0.500. The van der Waals surface area contributed by atoms with Crippen molar-refractivity contribution in [2.24, 2.45) is 0 Å². The van der Waals surface area contributed by atoms with Crippen LogP contribution in [0.15, 0.2) is 24.3 Å². The van der Waals surface area contributed by atoms with E-state index < -0.39 is 9.84 Å². The minimum atomic E-state index is -3.12. The number of hydrogen-bond acceptors (Lipinski definition) is 4. The first-order chi connectivity index (χ1) is 9.30. The van der Waals surface area contributed by atoms with Crippen LogP contribution in [0.1, 0.15) is 31.1 Å². The zero-order chi connectivity index (χ0) is 15.3. The molecule has 2 N–H and O–H groups in total. The molecule has 1 atom stereocenters. The van der Waals surface area contributed by atoms with Crippen molar-refractivity contribution in [2.45, 2.75) is 26.8 Å². The maximum absolute atomic E-state index is 12.4. The Bertz CT molecular complexity index is 575. The molecule has 7 heteroatoms. The van der Waals surface area contributed by atoms with Crippen molar-refractivity contribution in [3.8, 4) is 0 Å². The number of sulfone groups is 1. The zero-order valence-electron chi connectivity index (χ0n) is 12.6. The van der Waals surface area contributed by atoms with E-state index in [0.717, 1.165) is 0 Å². The van der Waals surface area contributed by atoms with Crippen molar-refractivity contribution in [3.05, 3.63) is 29.8 Å². The molecule has 1 rings (SSSR count). The minimum absolute atomic E-state index is 0. The molecule has 1 amide bonds. The Hall–Kier alpha value is -1.27. The number of carbonyl (C=O) groups excluding carboxylic acids is 1. The van der Waals surface area contributed by atoms with Crippen LogP contribution in [-0.2, 0) is 9.84 Å². The first-order valence-electron chi connectivity index (χ1n) is 6.67. The van der Waals surface area contributed by atoms with Gasteiger partial charge in [0.15, 0.2) is 9.84 Å². The van der Waals surface area contributed by atoms with Gasteiger partial charge in [-0.05, 0) is 32.0 Å². The topological polar surface area (TPSA) is 80.5 Å². The summed E-state index contributed by atoms with van der Waals surface area (Å²) in [6.07, 6.45) is 0. The van der Waals surface area contributed by atoms with Gasteiger partial charge in [0.2, 0.25) is 0 Å². The number of amides is 1. The molecule has 0 spiro atoms. The molecule has 120 valence electrons. The highest BCUT2D eigenvalue weighted by atomic mass is 35.5. The first kappa shape index (κ1) is 19.7. The van der Waals surface area contributed by atoms with Gasteiger partial charge in [-0.1, -0.05) is 13.0 Å². The van der Waals surface area contributed by atoms with Gasteiger partial charge in [0, 0.05) is 29.6 Å². The van der Waals surface area contributed by atoms with Crippen LogP contribution in [0.4, 0.5) is 5.69 Å². The van der Waals surface area contributed by atoms with Gasteiger partial charge < -0.3 is 10.6 Å². The fourth-order valence-corrected chi connectivity index (χ4v) is 3.22. The summed E-state index contributed by atoms with van der Waals surface area (Å²) in [5.41, 5.74) is 6.66. The van der Waals surface area contributed by atoms with E-state index in [2.05, 4.69) is 0 Å². The largest absolute Gasteiger partial charge is 0.399 e. The van der Waals surface area contributed by atoms with Gasteiger partial charge in [-0.2, -0.15) is 0 Å². The van der Waals surface area contributed by atoms with Crippen LogP contribution in [0, 0.1) is 0 Å². The Labute approximate surface area is 132 Å². The number of rotatable bonds is 6. The smallest absolute Gasteiger partial charge is 0.254 e. The average molecular weight is 335 g/mol. The molecule has 0 bridgehead atoms. The molecule has 0 heterocycles. The van der Waals surface area contributed by atoms with Gasteiger partial charge in [-0.3, -0.25) is 4.79 Å². The summed E-state index contributed by atoms with van der Waals surface area (Å²) in [4.78, 5) is 14.0. The second-order valence-corrected chi connectivity index (χ2v) is 7.16. The van der Waals surface area contributed by atoms with Crippen molar-refractivity contribution >= 4 is 33.8 Å². The van der Waals surface area contributed by atoms with E-state index in [4.69, 9.17) is 5.73 Å². The van der Waals surface area contributed by atoms with Crippen LogP contribution in [-0.4, -0.2) is 43.3 Å². The summed E-state index contributed by atoms with van der Waals surface area (Å²) >= 11 is 0. The van der Waals surface area contributed by atoms with Crippen LogP contribution in [0.25, 0.3) is 0 Å². The van der Waals surface area contributed by atoms with Crippen molar-refractivity contribution < 1.29 is 13.2 Å². The summed E-state index contributed by atoms with van der Waals surface area (Å²) in [5, 5.41) is 0. The number of nitrogens with zero attached hydrogens (tertiary/aromatic N) is 1. The minimum Gasteiger partial charge on any atom is -0.399 e. The molecule has 0 aliphatic heterocycles. The summed E-state index contributed by atoms with van der Waals surface area (Å²) in [7, 11) is -3.12. The third-order valence-corrected chi connectivity index (χ3v) is 5.07. The molecule has 5 nitrogen and oxygen atoms in total. The maximum Gasteiger partial charge on any atom is 0.254 e. The molecule has 1 aromatic carbocycles. The lowest BCUT2D eigenvalue weighted by molar-refractivity contribution is 0.0719. The van der Waals surface area contributed by atoms with Crippen LogP contribution < -0.4 is 5.73 Å². The SMILES string of the molecule is CCN(C(=O)c1cccc(N)c1)C(C)CS(=O)(=O)CC.Cl. The Morgan fingerprint density at radius 3 is 2.43 bits per heavy atom. The van der Waals surface area contributed by atoms with Crippen molar-refractivity contribution in [1.82, 2.24) is 4.90 Å². The second kappa shape index (κ2) is 8.24. The Balaban J connectivity index is 0.00000400. The number of benzene rings is 1. The van der Waals surface area contributed by atoms with Crippen LogP contribution in [0.2, 0.25) is 0 Å². The van der Waals surface area contributed by atoms with Crippen LogP contribution >= 0.6 is 12.4 Å². The highest BCUT2D eigenvalue weighted by Gasteiger charge is 2.24. The van der Waals surface area contributed by atoms with Crippen LogP contribution in [0.5, 0.6) is 0 Å². The first-order valence-corrected chi connectivity index (χ1v) is 8.49. The maximum atomic E-state index is 12.4. The summed E-state index contributed by atoms with van der Waals surface area (Å²) in [6.45, 7) is 5.65. The number of hydrogen-bond donors (Lipinski definition) is 1. The van der Waals surface area contributed by atoms with Gasteiger partial charge in [0.05, 0.1) is 5.75 Å². The third-order valence-electron chi connectivity index (χ3n) is 3.20. The quantitative estimate of drug-likeness (QED) is 0.806. The molecule has 1 unspecified atom stereocenters. The third kappa shape index (κ3) is 5.55. The van der Waals surface area contributed by atoms with E-state index in [1.807, 2.05) is 6.92 Å². The Morgan fingerprint density at radius 1 is 1.33 bits per heavy atom. The lowest BCUT2D eigenvalue weighted by atomic mass is 10.1. The normalized spacial score (nSPS) is 12.3. The Morgan fingerprint density at radius 2 is 1.95 bits per heavy atom. The predicted molar refractivity (Wildman–Crippen MR) is 88.6 cm³/mol. The van der Waals surface area contributed by atoms with Crippen molar-refractivity contribution in [2.75, 3.05) is 23.8 Å². The lowest BCUT2D eigenvalue weighted by Crippen LogP contribution is -2.42. The highest BCUT2D eigenvalue weighted by Crippen LogP contribution is 2.13. The lowest BCUT2D eigenvalue weighted by Gasteiger charge is -2.28. The van der Waals surface area contributed by atoms with Gasteiger partial charge >= 0.3 is 0 Å². The molecule has 1 aromatic rings.